The first-order valence-electron chi connectivity index (χ1n) is 7.59. The van der Waals surface area contributed by atoms with Gasteiger partial charge in [-0.1, -0.05) is 19.9 Å². The van der Waals surface area contributed by atoms with Gasteiger partial charge in [0.1, 0.15) is 11.9 Å². The van der Waals surface area contributed by atoms with Crippen molar-refractivity contribution in [2.24, 2.45) is 0 Å². The Bertz CT molecular complexity index is 715. The van der Waals surface area contributed by atoms with Crippen LogP contribution in [0.3, 0.4) is 0 Å². The largest absolute Gasteiger partial charge is 0.383 e. The van der Waals surface area contributed by atoms with Gasteiger partial charge in [-0.2, -0.15) is 5.26 Å². The van der Waals surface area contributed by atoms with E-state index in [2.05, 4.69) is 45.2 Å². The lowest BCUT2D eigenvalue weighted by Gasteiger charge is -2.09. The van der Waals surface area contributed by atoms with Gasteiger partial charge in [-0.05, 0) is 19.4 Å². The fourth-order valence-electron chi connectivity index (χ4n) is 2.11. The topological polar surface area (TPSA) is 86.5 Å². The summed E-state index contributed by atoms with van der Waals surface area (Å²) < 4.78 is 0. The lowest BCUT2D eigenvalue weighted by molar-refractivity contribution is 0.910. The van der Waals surface area contributed by atoms with E-state index in [1.54, 1.807) is 18.6 Å². The molecule has 0 radical (unpaired) electrons. The number of nitrogens with zero attached hydrogens (tertiary/aromatic N) is 4. The molecule has 6 nitrogen and oxygen atoms in total. The van der Waals surface area contributed by atoms with Crippen LogP contribution in [0, 0.1) is 11.3 Å². The number of rotatable bonds is 7. The van der Waals surface area contributed by atoms with Crippen molar-refractivity contribution in [1.82, 2.24) is 15.0 Å². The SMILES string of the molecule is C=C(CCC)Nc1cnc(-c2cnc(C#N)c(NCC)c2)cn1. The third kappa shape index (κ3) is 4.27. The maximum absolute atomic E-state index is 9.07. The maximum Gasteiger partial charge on any atom is 0.163 e. The van der Waals surface area contributed by atoms with Crippen LogP contribution in [0.5, 0.6) is 0 Å². The van der Waals surface area contributed by atoms with Gasteiger partial charge in [0.2, 0.25) is 0 Å². The molecule has 23 heavy (non-hydrogen) atoms. The molecule has 0 aromatic carbocycles. The van der Waals surface area contributed by atoms with E-state index in [9.17, 15) is 0 Å². The van der Waals surface area contributed by atoms with Crippen molar-refractivity contribution in [1.29, 1.82) is 5.26 Å². The molecule has 0 saturated carbocycles. The van der Waals surface area contributed by atoms with Gasteiger partial charge in [-0.25, -0.2) is 9.97 Å². The van der Waals surface area contributed by atoms with Crippen LogP contribution in [0.15, 0.2) is 36.9 Å². The fourth-order valence-corrected chi connectivity index (χ4v) is 2.11. The molecular formula is C17H20N6. The minimum absolute atomic E-state index is 0.373. The fraction of sp³-hybridized carbons (Fsp3) is 0.294. The summed E-state index contributed by atoms with van der Waals surface area (Å²) in [5.41, 5.74) is 3.51. The van der Waals surface area contributed by atoms with E-state index < -0.39 is 0 Å². The van der Waals surface area contributed by atoms with Crippen LogP contribution in [0.4, 0.5) is 11.5 Å². The zero-order valence-corrected chi connectivity index (χ0v) is 13.4. The van der Waals surface area contributed by atoms with Crippen LogP contribution < -0.4 is 10.6 Å². The number of allylic oxidation sites excluding steroid dienone is 1. The molecule has 2 aromatic heterocycles. The molecule has 2 heterocycles. The molecule has 0 aliphatic heterocycles. The van der Waals surface area contributed by atoms with Crippen LogP contribution in [0.1, 0.15) is 32.4 Å². The Morgan fingerprint density at radius 3 is 2.65 bits per heavy atom. The van der Waals surface area contributed by atoms with Gasteiger partial charge in [-0.15, -0.1) is 0 Å². The zero-order valence-electron chi connectivity index (χ0n) is 13.4. The highest BCUT2D eigenvalue weighted by Crippen LogP contribution is 2.22. The van der Waals surface area contributed by atoms with Gasteiger partial charge in [0.25, 0.3) is 0 Å². The van der Waals surface area contributed by atoms with Crippen molar-refractivity contribution in [2.45, 2.75) is 26.7 Å². The van der Waals surface area contributed by atoms with E-state index in [4.69, 9.17) is 5.26 Å². The normalized spacial score (nSPS) is 9.96. The summed E-state index contributed by atoms with van der Waals surface area (Å²) in [6.07, 6.45) is 6.91. The maximum atomic E-state index is 9.07. The highest BCUT2D eigenvalue weighted by molar-refractivity contribution is 5.67. The van der Waals surface area contributed by atoms with Crippen LogP contribution in [0.25, 0.3) is 11.3 Å². The van der Waals surface area contributed by atoms with E-state index in [1.165, 1.54) is 0 Å². The van der Waals surface area contributed by atoms with Crippen molar-refractivity contribution >= 4 is 11.5 Å². The molecule has 0 saturated heterocycles. The Morgan fingerprint density at radius 2 is 2.04 bits per heavy atom. The van der Waals surface area contributed by atoms with Crippen molar-refractivity contribution in [3.63, 3.8) is 0 Å². The summed E-state index contributed by atoms with van der Waals surface area (Å²) in [4.78, 5) is 12.9. The first kappa shape index (κ1) is 16.4. The van der Waals surface area contributed by atoms with Gasteiger partial charge < -0.3 is 10.6 Å². The average Bonchev–Trinajstić information content (AvgIpc) is 2.56. The minimum atomic E-state index is 0.373. The molecular weight excluding hydrogens is 288 g/mol. The molecule has 0 spiro atoms. The summed E-state index contributed by atoms with van der Waals surface area (Å²) in [7, 11) is 0. The Hall–Kier alpha value is -2.94. The number of aromatic nitrogens is 3. The predicted molar refractivity (Wildman–Crippen MR) is 91.8 cm³/mol. The Balaban J connectivity index is 2.21. The molecule has 0 fully saturated rings. The predicted octanol–water partition coefficient (Wildman–Crippen LogP) is 3.57. The number of anilines is 2. The summed E-state index contributed by atoms with van der Waals surface area (Å²) in [5.74, 6) is 0.667. The monoisotopic (exact) mass is 308 g/mol. The van der Waals surface area contributed by atoms with Crippen molar-refractivity contribution in [3.05, 3.63) is 42.6 Å². The number of nitriles is 1. The molecule has 0 amide bonds. The molecule has 0 aliphatic carbocycles. The van der Waals surface area contributed by atoms with E-state index in [1.807, 2.05) is 13.0 Å². The Morgan fingerprint density at radius 1 is 1.22 bits per heavy atom. The average molecular weight is 308 g/mol. The summed E-state index contributed by atoms with van der Waals surface area (Å²) in [5, 5.41) is 15.3. The third-order valence-electron chi connectivity index (χ3n) is 3.17. The minimum Gasteiger partial charge on any atom is -0.383 e. The van der Waals surface area contributed by atoms with Crippen molar-refractivity contribution < 1.29 is 0 Å². The molecule has 118 valence electrons. The highest BCUT2D eigenvalue weighted by atomic mass is 15.0. The van der Waals surface area contributed by atoms with Crippen LogP contribution in [-0.4, -0.2) is 21.5 Å². The van der Waals surface area contributed by atoms with Crippen molar-refractivity contribution in [3.8, 4) is 17.3 Å². The number of hydrogen-bond acceptors (Lipinski definition) is 6. The molecule has 0 atom stereocenters. The third-order valence-corrected chi connectivity index (χ3v) is 3.17. The van der Waals surface area contributed by atoms with Gasteiger partial charge in [0.05, 0.1) is 23.8 Å². The molecule has 6 heteroatoms. The second-order valence-electron chi connectivity index (χ2n) is 5.03. The number of hydrogen-bond donors (Lipinski definition) is 2. The van der Waals surface area contributed by atoms with E-state index in [0.717, 1.165) is 24.1 Å². The second kappa shape index (κ2) is 7.90. The standard InChI is InChI=1S/C17H20N6/c1-4-6-12(3)23-17-11-21-16(10-22-17)13-7-14(19-5-2)15(8-18)20-9-13/h7,9-11,19H,3-6H2,1-2H3,(H,22,23). The highest BCUT2D eigenvalue weighted by Gasteiger charge is 2.08. The summed E-state index contributed by atoms with van der Waals surface area (Å²) in [6.45, 7) is 8.73. The molecule has 0 aliphatic rings. The lowest BCUT2D eigenvalue weighted by atomic mass is 10.1. The lowest BCUT2D eigenvalue weighted by Crippen LogP contribution is -2.02. The molecule has 0 bridgehead atoms. The van der Waals surface area contributed by atoms with Crippen LogP contribution >= 0.6 is 0 Å². The molecule has 2 aromatic rings. The van der Waals surface area contributed by atoms with E-state index >= 15 is 0 Å². The zero-order chi connectivity index (χ0) is 16.7. The first-order valence-corrected chi connectivity index (χ1v) is 7.59. The van der Waals surface area contributed by atoms with E-state index in [0.29, 0.717) is 29.4 Å². The first-order chi connectivity index (χ1) is 11.2. The molecule has 2 rings (SSSR count). The Kier molecular flexibility index (Phi) is 5.64. The smallest absolute Gasteiger partial charge is 0.163 e. The quantitative estimate of drug-likeness (QED) is 0.813. The Labute approximate surface area is 136 Å². The summed E-state index contributed by atoms with van der Waals surface area (Å²) in [6, 6.07) is 3.94. The van der Waals surface area contributed by atoms with Gasteiger partial charge in [-0.3, -0.25) is 4.98 Å². The molecule has 2 N–H and O–H groups in total. The number of pyridine rings is 1. The molecule has 0 unspecified atom stereocenters. The number of nitrogens with one attached hydrogen (secondary N) is 2. The van der Waals surface area contributed by atoms with Gasteiger partial charge in [0, 0.05) is 24.0 Å². The second-order valence-corrected chi connectivity index (χ2v) is 5.03. The van der Waals surface area contributed by atoms with Crippen molar-refractivity contribution in [2.75, 3.05) is 17.2 Å². The van der Waals surface area contributed by atoms with Gasteiger partial charge >= 0.3 is 0 Å². The van der Waals surface area contributed by atoms with E-state index in [-0.39, 0.29) is 0 Å². The summed E-state index contributed by atoms with van der Waals surface area (Å²) >= 11 is 0. The van der Waals surface area contributed by atoms with Crippen LogP contribution in [-0.2, 0) is 0 Å². The van der Waals surface area contributed by atoms with Crippen LogP contribution in [0.2, 0.25) is 0 Å². The van der Waals surface area contributed by atoms with Gasteiger partial charge in [0.15, 0.2) is 5.69 Å².